The lowest BCUT2D eigenvalue weighted by molar-refractivity contribution is -0.238. The van der Waals surface area contributed by atoms with Gasteiger partial charge in [0.2, 0.25) is 0 Å². The molecule has 16 nitrogen and oxygen atoms in total. The van der Waals surface area contributed by atoms with Crippen LogP contribution in [0.5, 0.6) is 0 Å². The van der Waals surface area contributed by atoms with Crippen molar-refractivity contribution in [1.82, 2.24) is 0 Å². The Hall–Kier alpha value is -0.100. The molecule has 0 aliphatic carbocycles. The number of fused-ring (bicyclic) bond motifs is 4. The Kier molecular flexibility index (Phi) is 10.0. The van der Waals surface area contributed by atoms with Gasteiger partial charge in [0.1, 0.15) is 48.8 Å². The molecule has 0 aromatic rings. The van der Waals surface area contributed by atoms with Crippen molar-refractivity contribution in [3.05, 3.63) is 0 Å². The largest absolute Gasteiger partial charge is 0.348 e. The van der Waals surface area contributed by atoms with Crippen molar-refractivity contribution < 1.29 is 74.6 Å². The summed E-state index contributed by atoms with van der Waals surface area (Å²) >= 11 is 0. The van der Waals surface area contributed by atoms with Crippen LogP contribution in [0.25, 0.3) is 0 Å². The molecule has 0 N–H and O–H groups in total. The topological polar surface area (TPSA) is 163 Å². The molecule has 2 unspecified atom stereocenters. The maximum absolute atomic E-state index is 14.4. The van der Waals surface area contributed by atoms with E-state index in [-0.39, 0.29) is 26.4 Å². The molecule has 6 saturated heterocycles. The highest BCUT2D eigenvalue weighted by molar-refractivity contribution is 7.71. The highest BCUT2D eigenvalue weighted by Crippen LogP contribution is 2.65. The van der Waals surface area contributed by atoms with E-state index in [1.165, 1.54) is 0 Å². The zero-order chi connectivity index (χ0) is 34.2. The minimum absolute atomic E-state index is 0.00386. The van der Waals surface area contributed by atoms with Crippen LogP contribution < -0.4 is 0 Å². The van der Waals surface area contributed by atoms with Gasteiger partial charge in [0.25, 0.3) is 0 Å². The van der Waals surface area contributed by atoms with E-state index in [4.69, 9.17) is 65.5 Å². The predicted molar refractivity (Wildman–Crippen MR) is 160 cm³/mol. The molecule has 18 heteroatoms. The lowest BCUT2D eigenvalue weighted by atomic mass is 9.99. The molecule has 6 heterocycles. The molecule has 6 aliphatic rings. The molecule has 6 fully saturated rings. The maximum Gasteiger partial charge on any atom is 0.345 e. The van der Waals surface area contributed by atoms with E-state index in [9.17, 15) is 9.13 Å². The van der Waals surface area contributed by atoms with Crippen LogP contribution in [0.15, 0.2) is 0 Å². The summed E-state index contributed by atoms with van der Waals surface area (Å²) in [7, 11) is -8.39. The van der Waals surface area contributed by atoms with Crippen LogP contribution >= 0.6 is 15.2 Å². The third kappa shape index (κ3) is 7.89. The average Bonchev–Trinajstić information content (AvgIpc) is 3.69. The third-order valence-electron chi connectivity index (χ3n) is 8.39. The molecule has 0 bridgehead atoms. The first-order valence-electron chi connectivity index (χ1n) is 16.2. The van der Waals surface area contributed by atoms with Gasteiger partial charge in [-0.25, -0.2) is 0 Å². The van der Waals surface area contributed by atoms with Crippen LogP contribution in [0.4, 0.5) is 0 Å². The van der Waals surface area contributed by atoms with Crippen LogP contribution in [0, 0.1) is 0 Å². The molecular weight excluding hydrogens is 666 g/mol. The van der Waals surface area contributed by atoms with Crippen molar-refractivity contribution in [1.29, 1.82) is 0 Å². The van der Waals surface area contributed by atoms with Crippen molar-refractivity contribution in [3.63, 3.8) is 0 Å². The second kappa shape index (κ2) is 12.8. The minimum Gasteiger partial charge on any atom is -0.348 e. The SMILES string of the molecule is CCOP(=O)(CP(=O)(OCC)O[C@@H]1O[C@H]([C@H]2COC(C)(C)O2)[C@@H]2OC(C)(C)O[C@H]12)OC[C@H]1O[C@@H]2OC(C)(C)O[C@@H]2[C@H]2OC(C)(C)O[C@H]21. The molecule has 0 aromatic carbocycles. The number of hydrogen-bond acceptors (Lipinski definition) is 16. The Morgan fingerprint density at radius 3 is 1.77 bits per heavy atom. The number of rotatable bonds is 12. The van der Waals surface area contributed by atoms with Gasteiger partial charge in [-0.05, 0) is 69.2 Å². The van der Waals surface area contributed by atoms with Gasteiger partial charge in [-0.1, -0.05) is 0 Å². The van der Waals surface area contributed by atoms with Gasteiger partial charge in [-0.2, -0.15) is 0 Å². The third-order valence-corrected chi connectivity index (χ3v) is 13.5. The van der Waals surface area contributed by atoms with Gasteiger partial charge in [-0.3, -0.25) is 13.7 Å². The molecular formula is C29H50O16P2. The zero-order valence-electron chi connectivity index (χ0n) is 28.7. The Balaban J connectivity index is 1.17. The number of hydrogen-bond donors (Lipinski definition) is 0. The van der Waals surface area contributed by atoms with E-state index in [1.807, 2.05) is 0 Å². The lowest BCUT2D eigenvalue weighted by Gasteiger charge is -2.37. The Bertz CT molecular complexity index is 1240. The van der Waals surface area contributed by atoms with Crippen molar-refractivity contribution >= 4 is 15.2 Å². The fourth-order valence-electron chi connectivity index (χ4n) is 6.85. The van der Waals surface area contributed by atoms with Gasteiger partial charge < -0.3 is 60.9 Å². The summed E-state index contributed by atoms with van der Waals surface area (Å²) in [6.07, 6.45) is -7.06. The van der Waals surface area contributed by atoms with Crippen LogP contribution in [-0.4, -0.2) is 117 Å². The van der Waals surface area contributed by atoms with Crippen LogP contribution in [0.3, 0.4) is 0 Å². The normalized spacial score (nSPS) is 43.6. The van der Waals surface area contributed by atoms with Gasteiger partial charge >= 0.3 is 15.2 Å². The van der Waals surface area contributed by atoms with E-state index in [2.05, 4.69) is 0 Å². The molecule has 12 atom stereocenters. The predicted octanol–water partition coefficient (Wildman–Crippen LogP) is 4.23. The van der Waals surface area contributed by atoms with Crippen LogP contribution in [0.2, 0.25) is 0 Å². The zero-order valence-corrected chi connectivity index (χ0v) is 30.5. The first kappa shape index (κ1) is 36.7. The average molecular weight is 717 g/mol. The van der Waals surface area contributed by atoms with E-state index >= 15 is 0 Å². The monoisotopic (exact) mass is 716 g/mol. The van der Waals surface area contributed by atoms with Crippen LogP contribution in [0.1, 0.15) is 69.2 Å². The molecule has 0 aromatic heterocycles. The molecule has 272 valence electrons. The summed E-state index contributed by atoms with van der Waals surface area (Å²) < 4.78 is 113. The van der Waals surface area contributed by atoms with E-state index in [0.717, 1.165) is 0 Å². The summed E-state index contributed by atoms with van der Waals surface area (Å²) in [4.78, 5) is 0. The van der Waals surface area contributed by atoms with Gasteiger partial charge in [0.05, 0.1) is 26.4 Å². The molecule has 47 heavy (non-hydrogen) atoms. The first-order chi connectivity index (χ1) is 21.7. The summed E-state index contributed by atoms with van der Waals surface area (Å²) in [5, 5.41) is 0. The highest BCUT2D eigenvalue weighted by atomic mass is 31.2. The summed E-state index contributed by atoms with van der Waals surface area (Å²) in [6, 6.07) is 0. The fourth-order valence-corrected chi connectivity index (χ4v) is 11.6. The summed E-state index contributed by atoms with van der Waals surface area (Å²) in [6.45, 7) is 17.5. The highest BCUT2D eigenvalue weighted by Gasteiger charge is 2.63. The maximum atomic E-state index is 14.4. The Labute approximate surface area is 275 Å². The van der Waals surface area contributed by atoms with E-state index in [1.54, 1.807) is 69.2 Å². The standard InChI is InChI=1S/C29H50O16P2/c1-11-33-46(30,35-14-16-19-21(41-27(5,6)39-19)22-24(36-16)44-29(9,10)42-22)15-47(31,34-12-2)45-25-23-20(40-28(7,8)43-23)18(37-25)17-13-32-26(3,4)38-17/h16-25H,11-15H2,1-10H3/t16-,17-,18-,19+,20+,21+,22-,23+,24-,25+,46?,47?/m1/s1. The molecule has 0 spiro atoms. The lowest BCUT2D eigenvalue weighted by Crippen LogP contribution is -2.56. The molecule has 0 amide bonds. The van der Waals surface area contributed by atoms with Gasteiger partial charge in [0.15, 0.2) is 41.6 Å². The van der Waals surface area contributed by atoms with Crippen LogP contribution in [-0.2, 0) is 74.6 Å². The van der Waals surface area contributed by atoms with Gasteiger partial charge in [-0.15, -0.1) is 0 Å². The second-order valence-corrected chi connectivity index (χ2v) is 18.8. The summed E-state index contributed by atoms with van der Waals surface area (Å²) in [5.74, 6) is -4.35. The van der Waals surface area contributed by atoms with Crippen molar-refractivity contribution in [2.24, 2.45) is 0 Å². The minimum atomic E-state index is -4.23. The fraction of sp³-hybridized carbons (Fsp3) is 1.00. The Morgan fingerprint density at radius 2 is 1.15 bits per heavy atom. The van der Waals surface area contributed by atoms with Crippen molar-refractivity contribution in [2.75, 3.05) is 32.3 Å². The smallest absolute Gasteiger partial charge is 0.345 e. The molecule has 0 saturated carbocycles. The van der Waals surface area contributed by atoms with E-state index < -0.39 is 106 Å². The molecule has 0 radical (unpaired) electrons. The Morgan fingerprint density at radius 1 is 0.596 bits per heavy atom. The first-order valence-corrected chi connectivity index (χ1v) is 19.7. The second-order valence-electron chi connectivity index (χ2n) is 14.2. The summed E-state index contributed by atoms with van der Waals surface area (Å²) in [5.41, 5.74) is 0. The van der Waals surface area contributed by atoms with Crippen molar-refractivity contribution in [3.8, 4) is 0 Å². The molecule has 6 aliphatic heterocycles. The number of ether oxygens (including phenoxy) is 10. The molecule has 6 rings (SSSR count). The van der Waals surface area contributed by atoms with Gasteiger partial charge in [0, 0.05) is 0 Å². The quantitative estimate of drug-likeness (QED) is 0.264. The van der Waals surface area contributed by atoms with Crippen molar-refractivity contribution in [2.45, 2.75) is 154 Å². The van der Waals surface area contributed by atoms with E-state index in [0.29, 0.717) is 0 Å².